The Morgan fingerprint density at radius 2 is 2.29 bits per heavy atom. The summed E-state index contributed by atoms with van der Waals surface area (Å²) in [6.07, 6.45) is 0.624. The van der Waals surface area contributed by atoms with E-state index in [1.54, 1.807) is 4.90 Å². The lowest BCUT2D eigenvalue weighted by atomic mass is 10.2. The fourth-order valence-electron chi connectivity index (χ4n) is 2.20. The van der Waals surface area contributed by atoms with Crippen LogP contribution < -0.4 is 5.32 Å². The van der Waals surface area contributed by atoms with Crippen LogP contribution >= 0.6 is 0 Å². The average Bonchev–Trinajstić information content (AvgIpc) is 2.59. The van der Waals surface area contributed by atoms with Crippen molar-refractivity contribution in [3.05, 3.63) is 0 Å². The van der Waals surface area contributed by atoms with Gasteiger partial charge in [0.1, 0.15) is 0 Å². The SMILES string of the molecule is CCNC(=O)N1CC2CC1CS2(=O)=O. The molecule has 80 valence electrons. The first-order valence-electron chi connectivity index (χ1n) is 4.80. The van der Waals surface area contributed by atoms with Crippen LogP contribution in [0.2, 0.25) is 0 Å². The molecule has 0 aromatic heterocycles. The predicted molar refractivity (Wildman–Crippen MR) is 51.8 cm³/mol. The summed E-state index contributed by atoms with van der Waals surface area (Å²) in [4.78, 5) is 13.1. The highest BCUT2D eigenvalue weighted by Crippen LogP contribution is 2.32. The molecule has 6 heteroatoms. The van der Waals surface area contributed by atoms with E-state index in [-0.39, 0.29) is 23.1 Å². The fraction of sp³-hybridized carbons (Fsp3) is 0.875. The van der Waals surface area contributed by atoms with Crippen LogP contribution in [0, 0.1) is 0 Å². The van der Waals surface area contributed by atoms with E-state index in [0.717, 1.165) is 0 Å². The Bertz CT molecular complexity index is 352. The molecule has 0 radical (unpaired) electrons. The topological polar surface area (TPSA) is 66.5 Å². The largest absolute Gasteiger partial charge is 0.338 e. The maximum absolute atomic E-state index is 11.5. The lowest BCUT2D eigenvalue weighted by Gasteiger charge is -2.26. The molecule has 2 unspecified atom stereocenters. The van der Waals surface area contributed by atoms with Gasteiger partial charge in [-0.15, -0.1) is 0 Å². The van der Waals surface area contributed by atoms with Gasteiger partial charge in [-0.3, -0.25) is 0 Å². The smallest absolute Gasteiger partial charge is 0.317 e. The number of nitrogens with one attached hydrogen (secondary N) is 1. The Labute approximate surface area is 83.4 Å². The van der Waals surface area contributed by atoms with Crippen molar-refractivity contribution >= 4 is 15.9 Å². The molecule has 2 fully saturated rings. The first-order valence-corrected chi connectivity index (χ1v) is 6.52. The highest BCUT2D eigenvalue weighted by Gasteiger charge is 2.49. The Morgan fingerprint density at radius 1 is 1.57 bits per heavy atom. The van der Waals surface area contributed by atoms with E-state index >= 15 is 0 Å². The summed E-state index contributed by atoms with van der Waals surface area (Å²) in [6.45, 7) is 2.81. The molecule has 2 amide bonds. The van der Waals surface area contributed by atoms with Crippen molar-refractivity contribution in [1.82, 2.24) is 10.2 Å². The molecular weight excluding hydrogens is 204 g/mol. The van der Waals surface area contributed by atoms with Crippen molar-refractivity contribution < 1.29 is 13.2 Å². The third kappa shape index (κ3) is 1.37. The quantitative estimate of drug-likeness (QED) is 0.650. The number of sulfone groups is 1. The summed E-state index contributed by atoms with van der Waals surface area (Å²) >= 11 is 0. The molecule has 2 saturated heterocycles. The number of hydrogen-bond acceptors (Lipinski definition) is 3. The molecule has 0 aliphatic carbocycles. The average molecular weight is 218 g/mol. The standard InChI is InChI=1S/C8H14N2O3S/c1-2-9-8(11)10-4-7-3-6(10)5-14(7,12)13/h6-7H,2-5H2,1H3,(H,9,11). The van der Waals surface area contributed by atoms with Crippen LogP contribution in [0.3, 0.4) is 0 Å². The normalized spacial score (nSPS) is 33.4. The molecule has 2 rings (SSSR count). The van der Waals surface area contributed by atoms with Gasteiger partial charge in [-0.05, 0) is 13.3 Å². The van der Waals surface area contributed by atoms with Gasteiger partial charge in [-0.1, -0.05) is 0 Å². The lowest BCUT2D eigenvalue weighted by Crippen LogP contribution is -2.48. The molecule has 2 heterocycles. The Balaban J connectivity index is 2.07. The maximum Gasteiger partial charge on any atom is 0.317 e. The van der Waals surface area contributed by atoms with Crippen LogP contribution in [-0.4, -0.2) is 49.5 Å². The van der Waals surface area contributed by atoms with E-state index < -0.39 is 9.84 Å². The minimum Gasteiger partial charge on any atom is -0.338 e. The highest BCUT2D eigenvalue weighted by molar-refractivity contribution is 7.92. The molecule has 0 aromatic rings. The summed E-state index contributed by atoms with van der Waals surface area (Å²) in [6, 6.07) is -0.216. The number of amides is 2. The van der Waals surface area contributed by atoms with E-state index in [2.05, 4.69) is 5.32 Å². The number of urea groups is 1. The van der Waals surface area contributed by atoms with Crippen LogP contribution in [-0.2, 0) is 9.84 Å². The number of carbonyl (C=O) groups is 1. The third-order valence-electron chi connectivity index (χ3n) is 2.90. The molecule has 2 aliphatic heterocycles. The van der Waals surface area contributed by atoms with Gasteiger partial charge in [0.05, 0.1) is 11.0 Å². The van der Waals surface area contributed by atoms with E-state index in [1.165, 1.54) is 0 Å². The van der Waals surface area contributed by atoms with Crippen molar-refractivity contribution in [3.63, 3.8) is 0 Å². The van der Waals surface area contributed by atoms with E-state index in [0.29, 0.717) is 19.5 Å². The molecule has 0 saturated carbocycles. The van der Waals surface area contributed by atoms with Crippen LogP contribution in [0.15, 0.2) is 0 Å². The van der Waals surface area contributed by atoms with Gasteiger partial charge >= 0.3 is 6.03 Å². The predicted octanol–water partition coefficient (Wildman–Crippen LogP) is -0.413. The molecule has 2 aliphatic rings. The van der Waals surface area contributed by atoms with Gasteiger partial charge in [0.2, 0.25) is 0 Å². The summed E-state index contributed by atoms with van der Waals surface area (Å²) < 4.78 is 22.8. The van der Waals surface area contributed by atoms with Crippen LogP contribution in [0.1, 0.15) is 13.3 Å². The van der Waals surface area contributed by atoms with E-state index in [1.807, 2.05) is 6.92 Å². The molecule has 0 spiro atoms. The second-order valence-corrected chi connectivity index (χ2v) is 6.15. The molecule has 1 N–H and O–H groups in total. The third-order valence-corrected chi connectivity index (χ3v) is 5.10. The number of hydrogen-bond donors (Lipinski definition) is 1. The zero-order valence-corrected chi connectivity index (χ0v) is 8.88. The second kappa shape index (κ2) is 3.12. The Morgan fingerprint density at radius 3 is 2.71 bits per heavy atom. The van der Waals surface area contributed by atoms with Crippen LogP contribution in [0.5, 0.6) is 0 Å². The number of carbonyl (C=O) groups excluding carboxylic acids is 1. The summed E-state index contributed by atoms with van der Waals surface area (Å²) in [7, 11) is -2.89. The van der Waals surface area contributed by atoms with Gasteiger partial charge in [0.15, 0.2) is 9.84 Å². The minimum absolute atomic E-state index is 0.0865. The number of nitrogens with zero attached hydrogens (tertiary/aromatic N) is 1. The number of likely N-dealkylation sites (tertiary alicyclic amines) is 1. The second-order valence-electron chi connectivity index (χ2n) is 3.83. The van der Waals surface area contributed by atoms with E-state index in [9.17, 15) is 13.2 Å². The first kappa shape index (κ1) is 9.76. The zero-order chi connectivity index (χ0) is 10.3. The van der Waals surface area contributed by atoms with Gasteiger partial charge in [-0.25, -0.2) is 13.2 Å². The van der Waals surface area contributed by atoms with Gasteiger partial charge in [0, 0.05) is 19.1 Å². The first-order chi connectivity index (χ1) is 6.54. The summed E-state index contributed by atoms with van der Waals surface area (Å²) in [5, 5.41) is 2.38. The van der Waals surface area contributed by atoms with Crippen LogP contribution in [0.25, 0.3) is 0 Å². The number of fused-ring (bicyclic) bond motifs is 2. The van der Waals surface area contributed by atoms with Gasteiger partial charge < -0.3 is 10.2 Å². The van der Waals surface area contributed by atoms with Crippen molar-refractivity contribution in [1.29, 1.82) is 0 Å². The Hall–Kier alpha value is -0.780. The molecule has 14 heavy (non-hydrogen) atoms. The van der Waals surface area contributed by atoms with Crippen molar-refractivity contribution in [2.75, 3.05) is 18.8 Å². The van der Waals surface area contributed by atoms with E-state index in [4.69, 9.17) is 0 Å². The zero-order valence-electron chi connectivity index (χ0n) is 8.06. The lowest BCUT2D eigenvalue weighted by molar-refractivity contribution is 0.196. The molecular formula is C8H14N2O3S. The maximum atomic E-state index is 11.5. The van der Waals surface area contributed by atoms with Crippen molar-refractivity contribution in [3.8, 4) is 0 Å². The summed E-state index contributed by atoms with van der Waals surface area (Å²) in [5.74, 6) is 0.148. The number of rotatable bonds is 1. The summed E-state index contributed by atoms with van der Waals surface area (Å²) in [5.41, 5.74) is 0. The monoisotopic (exact) mass is 218 g/mol. The highest BCUT2D eigenvalue weighted by atomic mass is 32.2. The van der Waals surface area contributed by atoms with Crippen molar-refractivity contribution in [2.24, 2.45) is 0 Å². The van der Waals surface area contributed by atoms with Crippen molar-refractivity contribution in [2.45, 2.75) is 24.6 Å². The fourth-order valence-corrected chi connectivity index (χ4v) is 4.23. The molecule has 0 aromatic carbocycles. The minimum atomic E-state index is -2.89. The Kier molecular flexibility index (Phi) is 2.17. The van der Waals surface area contributed by atoms with Gasteiger partial charge in [-0.2, -0.15) is 0 Å². The molecule has 2 atom stereocenters. The van der Waals surface area contributed by atoms with Crippen LogP contribution in [0.4, 0.5) is 4.79 Å². The molecule has 5 nitrogen and oxygen atoms in total. The van der Waals surface area contributed by atoms with Gasteiger partial charge in [0.25, 0.3) is 0 Å². The molecule has 2 bridgehead atoms.